The largest absolute Gasteiger partial charge is 0.497 e. The van der Waals surface area contributed by atoms with E-state index in [2.05, 4.69) is 52.6 Å². The first-order chi connectivity index (χ1) is 20.4. The molecule has 0 amide bonds. The van der Waals surface area contributed by atoms with Crippen LogP contribution in [0.15, 0.2) is 36.9 Å². The molecule has 0 bridgehead atoms. The Morgan fingerprint density at radius 1 is 1.14 bits per heavy atom. The minimum Gasteiger partial charge on any atom is -0.497 e. The summed E-state index contributed by atoms with van der Waals surface area (Å²) in [5, 5.41) is 0.866. The minimum absolute atomic E-state index is 0.00470. The van der Waals surface area contributed by atoms with Crippen LogP contribution >= 0.6 is 11.3 Å². The molecule has 234 valence electrons. The SMILES string of the molecule is C=Cc1ccc([C@@H](O[Si](C)(C)C(C)(C)C)[C@H](Cc2nc3c(C(=O)OCC)cc(OC)cc3s2)OC2CCCC2)cc1OC. The summed E-state index contributed by atoms with van der Waals surface area (Å²) in [6.07, 6.45) is 6.24. The zero-order valence-electron chi connectivity index (χ0n) is 27.0. The third kappa shape index (κ3) is 7.68. The molecule has 4 rings (SSSR count). The number of hydrogen-bond donors (Lipinski definition) is 0. The summed E-state index contributed by atoms with van der Waals surface area (Å²) in [6, 6.07) is 9.82. The van der Waals surface area contributed by atoms with Crippen molar-refractivity contribution in [3.05, 3.63) is 58.6 Å². The quantitative estimate of drug-likeness (QED) is 0.139. The molecule has 0 unspecified atom stereocenters. The Hall–Kier alpha value is -2.72. The molecule has 0 radical (unpaired) electrons. The third-order valence-electron chi connectivity index (χ3n) is 8.66. The van der Waals surface area contributed by atoms with Gasteiger partial charge in [0.1, 0.15) is 11.5 Å². The van der Waals surface area contributed by atoms with Gasteiger partial charge < -0.3 is 23.4 Å². The van der Waals surface area contributed by atoms with Crippen LogP contribution in [0.1, 0.15) is 86.0 Å². The van der Waals surface area contributed by atoms with E-state index < -0.39 is 14.3 Å². The number of methoxy groups -OCH3 is 2. The number of fused-ring (bicyclic) bond motifs is 1. The van der Waals surface area contributed by atoms with Gasteiger partial charge in [0.25, 0.3) is 0 Å². The average molecular weight is 626 g/mol. The minimum atomic E-state index is -2.25. The molecular weight excluding hydrogens is 579 g/mol. The lowest BCUT2D eigenvalue weighted by Crippen LogP contribution is -2.45. The van der Waals surface area contributed by atoms with Crippen molar-refractivity contribution in [3.8, 4) is 11.5 Å². The molecule has 0 aliphatic heterocycles. The Labute approximate surface area is 261 Å². The van der Waals surface area contributed by atoms with Crippen molar-refractivity contribution in [2.75, 3.05) is 20.8 Å². The Morgan fingerprint density at radius 3 is 2.47 bits per heavy atom. The monoisotopic (exact) mass is 625 g/mol. The van der Waals surface area contributed by atoms with E-state index in [1.807, 2.05) is 12.1 Å². The number of aromatic nitrogens is 1. The Morgan fingerprint density at radius 2 is 1.86 bits per heavy atom. The molecule has 2 atom stereocenters. The van der Waals surface area contributed by atoms with Crippen molar-refractivity contribution in [3.63, 3.8) is 0 Å². The van der Waals surface area contributed by atoms with Crippen LogP contribution in [0, 0.1) is 0 Å². The molecule has 0 saturated heterocycles. The van der Waals surface area contributed by atoms with Crippen LogP contribution < -0.4 is 9.47 Å². The average Bonchev–Trinajstić information content (AvgIpc) is 3.63. The van der Waals surface area contributed by atoms with E-state index in [0.717, 1.165) is 52.3 Å². The lowest BCUT2D eigenvalue weighted by Gasteiger charge is -2.42. The predicted molar refractivity (Wildman–Crippen MR) is 177 cm³/mol. The van der Waals surface area contributed by atoms with E-state index in [-0.39, 0.29) is 30.0 Å². The van der Waals surface area contributed by atoms with Gasteiger partial charge in [-0.3, -0.25) is 0 Å². The van der Waals surface area contributed by atoms with Crippen LogP contribution in [0.25, 0.3) is 16.3 Å². The van der Waals surface area contributed by atoms with Crippen LogP contribution in [-0.2, 0) is 20.3 Å². The summed E-state index contributed by atoms with van der Waals surface area (Å²) in [5.41, 5.74) is 2.96. The summed E-state index contributed by atoms with van der Waals surface area (Å²) in [5.74, 6) is 0.940. The van der Waals surface area contributed by atoms with Gasteiger partial charge in [-0.15, -0.1) is 11.3 Å². The zero-order chi connectivity index (χ0) is 31.4. The molecule has 1 fully saturated rings. The lowest BCUT2D eigenvalue weighted by atomic mass is 9.99. The standard InChI is InChI=1S/C34H47NO6SSi/c1-10-22-16-17-23(18-27(22)38-7)32(41-43(8,9)34(3,4)5)28(40-24-14-12-13-15-24)21-30-35-31-26(33(36)39-11-2)19-25(37-6)20-29(31)42-30/h10,16-20,24,28,32H,1,11-15,21H2,2-9H3/t28-,32+/m0/s1. The van der Waals surface area contributed by atoms with Gasteiger partial charge in [-0.05, 0) is 61.7 Å². The maximum atomic E-state index is 12.9. The van der Waals surface area contributed by atoms with Crippen molar-refractivity contribution in [1.29, 1.82) is 0 Å². The smallest absolute Gasteiger partial charge is 0.340 e. The van der Waals surface area contributed by atoms with Crippen LogP contribution in [0.3, 0.4) is 0 Å². The van der Waals surface area contributed by atoms with Gasteiger partial charge in [-0.1, -0.05) is 58.4 Å². The molecule has 1 aliphatic carbocycles. The van der Waals surface area contributed by atoms with Crippen LogP contribution in [0.5, 0.6) is 11.5 Å². The highest BCUT2D eigenvalue weighted by Gasteiger charge is 2.42. The molecule has 0 spiro atoms. The number of carbonyl (C=O) groups excluding carboxylic acids is 1. The second kappa shape index (κ2) is 13.9. The first-order valence-electron chi connectivity index (χ1n) is 15.2. The fourth-order valence-corrected chi connectivity index (χ4v) is 7.56. The van der Waals surface area contributed by atoms with E-state index >= 15 is 0 Å². The van der Waals surface area contributed by atoms with Gasteiger partial charge in [-0.2, -0.15) is 0 Å². The summed E-state index contributed by atoms with van der Waals surface area (Å²) in [7, 11) is 1.03. The fraction of sp³-hybridized carbons (Fsp3) is 0.529. The van der Waals surface area contributed by atoms with Crippen molar-refractivity contribution in [2.45, 2.75) is 96.2 Å². The van der Waals surface area contributed by atoms with Gasteiger partial charge in [0, 0.05) is 12.0 Å². The highest BCUT2D eigenvalue weighted by atomic mass is 32.1. The van der Waals surface area contributed by atoms with Gasteiger partial charge in [0.15, 0.2) is 8.32 Å². The van der Waals surface area contributed by atoms with Gasteiger partial charge in [0.2, 0.25) is 0 Å². The molecule has 2 aromatic carbocycles. The van der Waals surface area contributed by atoms with E-state index in [0.29, 0.717) is 23.3 Å². The molecule has 0 N–H and O–H groups in total. The number of ether oxygens (including phenoxy) is 4. The molecular formula is C34H47NO6SSi. The first kappa shape index (κ1) is 33.2. The molecule has 9 heteroatoms. The molecule has 43 heavy (non-hydrogen) atoms. The number of hydrogen-bond acceptors (Lipinski definition) is 8. The number of benzene rings is 2. The van der Waals surface area contributed by atoms with Crippen LogP contribution in [0.4, 0.5) is 0 Å². The zero-order valence-corrected chi connectivity index (χ0v) is 28.8. The van der Waals surface area contributed by atoms with Gasteiger partial charge in [-0.25, -0.2) is 9.78 Å². The number of thiazole rings is 1. The van der Waals surface area contributed by atoms with Gasteiger partial charge in [0.05, 0.1) is 59.9 Å². The second-order valence-corrected chi connectivity index (χ2v) is 18.5. The first-order valence-corrected chi connectivity index (χ1v) is 18.9. The van der Waals surface area contributed by atoms with Crippen molar-refractivity contribution in [1.82, 2.24) is 4.98 Å². The van der Waals surface area contributed by atoms with E-state index in [1.165, 1.54) is 0 Å². The summed E-state index contributed by atoms with van der Waals surface area (Å²) in [6.45, 7) is 17.3. The maximum absolute atomic E-state index is 12.9. The lowest BCUT2D eigenvalue weighted by molar-refractivity contribution is -0.0704. The molecule has 7 nitrogen and oxygen atoms in total. The molecule has 1 aromatic heterocycles. The van der Waals surface area contributed by atoms with Crippen molar-refractivity contribution >= 4 is 41.9 Å². The van der Waals surface area contributed by atoms with Crippen molar-refractivity contribution < 1.29 is 28.2 Å². The summed E-state index contributed by atoms with van der Waals surface area (Å²) < 4.78 is 31.7. The molecule has 1 aliphatic rings. The number of nitrogens with zero attached hydrogens (tertiary/aromatic N) is 1. The van der Waals surface area contributed by atoms with Crippen LogP contribution in [0.2, 0.25) is 18.1 Å². The Balaban J connectivity index is 1.82. The molecule has 1 heterocycles. The second-order valence-electron chi connectivity index (χ2n) is 12.6. The predicted octanol–water partition coefficient (Wildman–Crippen LogP) is 8.77. The number of esters is 1. The molecule has 1 saturated carbocycles. The molecule has 3 aromatic rings. The van der Waals surface area contributed by atoms with E-state index in [9.17, 15) is 4.79 Å². The topological polar surface area (TPSA) is 76.1 Å². The number of rotatable bonds is 13. The highest BCUT2D eigenvalue weighted by Crippen LogP contribution is 2.43. The van der Waals surface area contributed by atoms with Crippen molar-refractivity contribution in [2.24, 2.45) is 0 Å². The fourth-order valence-electron chi connectivity index (χ4n) is 5.22. The third-order valence-corrected chi connectivity index (χ3v) is 14.1. The summed E-state index contributed by atoms with van der Waals surface area (Å²) in [4.78, 5) is 17.9. The maximum Gasteiger partial charge on any atom is 0.340 e. The highest BCUT2D eigenvalue weighted by molar-refractivity contribution is 7.18. The number of carbonyl (C=O) groups is 1. The normalized spacial score (nSPS) is 15.8. The summed E-state index contributed by atoms with van der Waals surface area (Å²) >= 11 is 1.55. The van der Waals surface area contributed by atoms with Gasteiger partial charge >= 0.3 is 5.97 Å². The Bertz CT molecular complexity index is 1420. The van der Waals surface area contributed by atoms with E-state index in [4.69, 9.17) is 28.4 Å². The van der Waals surface area contributed by atoms with Crippen LogP contribution in [-0.4, -0.2) is 52.3 Å². The Kier molecular flexibility index (Phi) is 10.7. The van der Waals surface area contributed by atoms with E-state index in [1.54, 1.807) is 44.6 Å².